The minimum Gasteiger partial charge on any atom is -0.490 e. The molecule has 0 bridgehead atoms. The van der Waals surface area contributed by atoms with Crippen molar-refractivity contribution in [1.82, 2.24) is 5.48 Å². The smallest absolute Gasteiger partial charge is 0.165 e. The van der Waals surface area contributed by atoms with Gasteiger partial charge in [-0.2, -0.15) is 0 Å². The fourth-order valence-corrected chi connectivity index (χ4v) is 1.48. The van der Waals surface area contributed by atoms with E-state index in [4.69, 9.17) is 14.7 Å². The summed E-state index contributed by atoms with van der Waals surface area (Å²) in [5.41, 5.74) is 3.03. The van der Waals surface area contributed by atoms with Crippen molar-refractivity contribution in [2.75, 3.05) is 13.2 Å². The van der Waals surface area contributed by atoms with Crippen molar-refractivity contribution in [3.05, 3.63) is 23.8 Å². The highest BCUT2D eigenvalue weighted by Gasteiger charge is 2.13. The Kier molecular flexibility index (Phi) is 2.86. The quantitative estimate of drug-likeness (QED) is 0.699. The van der Waals surface area contributed by atoms with E-state index in [1.165, 1.54) is 0 Å². The van der Waals surface area contributed by atoms with E-state index in [9.17, 15) is 0 Å². The van der Waals surface area contributed by atoms with Crippen molar-refractivity contribution in [3.63, 3.8) is 0 Å². The van der Waals surface area contributed by atoms with Gasteiger partial charge in [-0.1, -0.05) is 12.1 Å². The summed E-state index contributed by atoms with van der Waals surface area (Å²) < 4.78 is 11.1. The van der Waals surface area contributed by atoms with Crippen LogP contribution < -0.4 is 15.0 Å². The molecule has 0 spiro atoms. The number of hydroxylamine groups is 1. The summed E-state index contributed by atoms with van der Waals surface area (Å²) in [5, 5.41) is 8.65. The first-order chi connectivity index (χ1) is 6.92. The maximum absolute atomic E-state index is 8.65. The second-order valence-electron chi connectivity index (χ2n) is 3.13. The van der Waals surface area contributed by atoms with E-state index >= 15 is 0 Å². The third kappa shape index (κ3) is 1.81. The molecule has 0 aliphatic carbocycles. The van der Waals surface area contributed by atoms with Gasteiger partial charge in [0.1, 0.15) is 0 Å². The number of benzene rings is 1. The molecule has 0 saturated heterocycles. The van der Waals surface area contributed by atoms with Crippen LogP contribution in [0.5, 0.6) is 11.5 Å². The van der Waals surface area contributed by atoms with Gasteiger partial charge in [-0.25, -0.2) is 5.48 Å². The molecule has 2 N–H and O–H groups in total. The van der Waals surface area contributed by atoms with Crippen LogP contribution in [-0.2, 0) is 6.54 Å². The number of hydrogen-bond donors (Lipinski definition) is 2. The normalized spacial score (nSPS) is 14.9. The first kappa shape index (κ1) is 9.30. The van der Waals surface area contributed by atoms with Gasteiger partial charge >= 0.3 is 0 Å². The Morgan fingerprint density at radius 3 is 3.00 bits per heavy atom. The number of ether oxygens (including phenoxy) is 2. The van der Waals surface area contributed by atoms with Crippen LogP contribution in [0.25, 0.3) is 0 Å². The predicted octanol–water partition coefficient (Wildman–Crippen LogP) is 1.33. The molecule has 1 aliphatic heterocycles. The molecule has 0 atom stereocenters. The summed E-state index contributed by atoms with van der Waals surface area (Å²) >= 11 is 0. The molecule has 0 unspecified atom stereocenters. The Morgan fingerprint density at radius 2 is 2.14 bits per heavy atom. The second-order valence-corrected chi connectivity index (χ2v) is 3.13. The largest absolute Gasteiger partial charge is 0.490 e. The first-order valence-corrected chi connectivity index (χ1v) is 4.66. The van der Waals surface area contributed by atoms with Gasteiger partial charge in [-0.15, -0.1) is 0 Å². The van der Waals surface area contributed by atoms with E-state index in [2.05, 4.69) is 5.48 Å². The number of hydrogen-bond acceptors (Lipinski definition) is 4. The number of rotatable bonds is 2. The Hall–Kier alpha value is -1.26. The standard InChI is InChI=1S/C10H13NO3/c12-11-7-8-3-1-4-9-10(8)14-6-2-5-13-9/h1,3-4,11-12H,2,5-7H2. The predicted molar refractivity (Wildman–Crippen MR) is 50.7 cm³/mol. The van der Waals surface area contributed by atoms with E-state index in [0.29, 0.717) is 19.8 Å². The average molecular weight is 195 g/mol. The minimum atomic E-state index is 0.368. The summed E-state index contributed by atoms with van der Waals surface area (Å²) in [6, 6.07) is 5.67. The highest BCUT2D eigenvalue weighted by molar-refractivity contribution is 5.46. The van der Waals surface area contributed by atoms with Crippen LogP contribution in [0.1, 0.15) is 12.0 Å². The lowest BCUT2D eigenvalue weighted by molar-refractivity contribution is 0.159. The van der Waals surface area contributed by atoms with Crippen LogP contribution in [0.2, 0.25) is 0 Å². The number of nitrogens with one attached hydrogen (secondary N) is 1. The van der Waals surface area contributed by atoms with E-state index < -0.39 is 0 Å². The van der Waals surface area contributed by atoms with Gasteiger partial charge in [-0.05, 0) is 6.07 Å². The molecular weight excluding hydrogens is 182 g/mol. The topological polar surface area (TPSA) is 50.7 Å². The fourth-order valence-electron chi connectivity index (χ4n) is 1.48. The van der Waals surface area contributed by atoms with Gasteiger partial charge < -0.3 is 14.7 Å². The molecule has 0 fully saturated rings. The van der Waals surface area contributed by atoms with Crippen LogP contribution >= 0.6 is 0 Å². The van der Waals surface area contributed by atoms with Crippen LogP contribution in [0.3, 0.4) is 0 Å². The summed E-state index contributed by atoms with van der Waals surface area (Å²) in [5.74, 6) is 1.50. The van der Waals surface area contributed by atoms with Crippen molar-refractivity contribution in [1.29, 1.82) is 0 Å². The van der Waals surface area contributed by atoms with Crippen molar-refractivity contribution in [2.24, 2.45) is 0 Å². The van der Waals surface area contributed by atoms with E-state index in [1.54, 1.807) is 0 Å². The van der Waals surface area contributed by atoms with Gasteiger partial charge in [0.15, 0.2) is 11.5 Å². The van der Waals surface area contributed by atoms with Gasteiger partial charge in [0.25, 0.3) is 0 Å². The van der Waals surface area contributed by atoms with Crippen LogP contribution in [-0.4, -0.2) is 18.4 Å². The van der Waals surface area contributed by atoms with Crippen molar-refractivity contribution < 1.29 is 14.7 Å². The minimum absolute atomic E-state index is 0.368. The van der Waals surface area contributed by atoms with Crippen LogP contribution in [0.15, 0.2) is 18.2 Å². The average Bonchev–Trinajstić information content (AvgIpc) is 2.44. The van der Waals surface area contributed by atoms with Gasteiger partial charge in [0.05, 0.1) is 13.2 Å². The summed E-state index contributed by atoms with van der Waals surface area (Å²) in [4.78, 5) is 0. The lowest BCUT2D eigenvalue weighted by Crippen LogP contribution is -2.08. The fraction of sp³-hybridized carbons (Fsp3) is 0.400. The molecule has 0 radical (unpaired) electrons. The molecule has 76 valence electrons. The molecule has 1 heterocycles. The molecule has 1 aromatic carbocycles. The van der Waals surface area contributed by atoms with Gasteiger partial charge in [-0.3, -0.25) is 0 Å². The lowest BCUT2D eigenvalue weighted by atomic mass is 10.2. The van der Waals surface area contributed by atoms with Crippen LogP contribution in [0.4, 0.5) is 0 Å². The Balaban J connectivity index is 2.32. The molecule has 0 amide bonds. The van der Waals surface area contributed by atoms with Crippen molar-refractivity contribution in [3.8, 4) is 11.5 Å². The molecule has 4 nitrogen and oxygen atoms in total. The van der Waals surface area contributed by atoms with Crippen LogP contribution in [0, 0.1) is 0 Å². The molecule has 1 aromatic rings. The zero-order chi connectivity index (χ0) is 9.80. The maximum atomic E-state index is 8.65. The molecular formula is C10H13NO3. The maximum Gasteiger partial charge on any atom is 0.165 e. The first-order valence-electron chi connectivity index (χ1n) is 4.66. The Bertz CT molecular complexity index is 314. The second kappa shape index (κ2) is 4.30. The third-order valence-electron chi connectivity index (χ3n) is 2.12. The SMILES string of the molecule is ONCc1cccc2c1OCCCO2. The molecule has 0 aromatic heterocycles. The number of fused-ring (bicyclic) bond motifs is 1. The zero-order valence-corrected chi connectivity index (χ0v) is 7.82. The van der Waals surface area contributed by atoms with E-state index in [1.807, 2.05) is 18.2 Å². The summed E-state index contributed by atoms with van der Waals surface area (Å²) in [6.07, 6.45) is 0.890. The molecule has 14 heavy (non-hydrogen) atoms. The zero-order valence-electron chi connectivity index (χ0n) is 7.82. The van der Waals surface area contributed by atoms with Crippen molar-refractivity contribution >= 4 is 0 Å². The molecule has 4 heteroatoms. The lowest BCUT2D eigenvalue weighted by Gasteiger charge is -2.11. The highest BCUT2D eigenvalue weighted by atomic mass is 16.5. The Labute approximate surface area is 82.4 Å². The van der Waals surface area contributed by atoms with E-state index in [0.717, 1.165) is 23.5 Å². The summed E-state index contributed by atoms with van der Waals surface area (Å²) in [7, 11) is 0. The van der Waals surface area contributed by atoms with Gasteiger partial charge in [0, 0.05) is 18.5 Å². The molecule has 2 rings (SSSR count). The monoisotopic (exact) mass is 195 g/mol. The molecule has 1 aliphatic rings. The van der Waals surface area contributed by atoms with Gasteiger partial charge in [0.2, 0.25) is 0 Å². The third-order valence-corrected chi connectivity index (χ3v) is 2.12. The highest BCUT2D eigenvalue weighted by Crippen LogP contribution is 2.32. The summed E-state index contributed by atoms with van der Waals surface area (Å²) in [6.45, 7) is 1.71. The van der Waals surface area contributed by atoms with E-state index in [-0.39, 0.29) is 0 Å². The Morgan fingerprint density at radius 1 is 1.29 bits per heavy atom. The molecule has 0 saturated carbocycles. The number of para-hydroxylation sites is 1. The van der Waals surface area contributed by atoms with Crippen molar-refractivity contribution in [2.45, 2.75) is 13.0 Å².